The quantitative estimate of drug-likeness (QED) is 0.796. The summed E-state index contributed by atoms with van der Waals surface area (Å²) in [5.41, 5.74) is 5.37. The summed E-state index contributed by atoms with van der Waals surface area (Å²) in [5, 5.41) is 11.3. The van der Waals surface area contributed by atoms with Crippen molar-refractivity contribution >= 4 is 0 Å². The van der Waals surface area contributed by atoms with Gasteiger partial charge < -0.3 is 15.6 Å². The Kier molecular flexibility index (Phi) is 3.79. The maximum absolute atomic E-state index is 11.3. The molecular weight excluding hydrogens is 226 g/mol. The first-order valence-corrected chi connectivity index (χ1v) is 7.33. The largest absolute Gasteiger partial charge is 0.389 e. The SMILES string of the molecule is CC1CC(C)(C)CC(O)(C2(CN)CCCOC2)C1. The van der Waals surface area contributed by atoms with Crippen LogP contribution in [0, 0.1) is 16.7 Å². The second-order valence-corrected chi connectivity index (χ2v) is 7.53. The third-order valence-electron chi connectivity index (χ3n) is 5.06. The predicted molar refractivity (Wildman–Crippen MR) is 73.3 cm³/mol. The van der Waals surface area contributed by atoms with Gasteiger partial charge in [0.05, 0.1) is 12.2 Å². The summed E-state index contributed by atoms with van der Waals surface area (Å²) in [5.74, 6) is 0.559. The van der Waals surface area contributed by atoms with Crippen LogP contribution in [-0.2, 0) is 4.74 Å². The fourth-order valence-electron chi connectivity index (χ4n) is 4.50. The smallest absolute Gasteiger partial charge is 0.0745 e. The van der Waals surface area contributed by atoms with E-state index in [0.29, 0.717) is 19.1 Å². The summed E-state index contributed by atoms with van der Waals surface area (Å²) < 4.78 is 5.66. The molecule has 0 aromatic heterocycles. The lowest BCUT2D eigenvalue weighted by molar-refractivity contribution is -0.184. The molecule has 0 amide bonds. The lowest BCUT2D eigenvalue weighted by atomic mass is 9.55. The lowest BCUT2D eigenvalue weighted by Crippen LogP contribution is -2.60. The first kappa shape index (κ1) is 14.3. The summed E-state index contributed by atoms with van der Waals surface area (Å²) in [6, 6.07) is 0. The molecule has 1 aliphatic heterocycles. The zero-order valence-electron chi connectivity index (χ0n) is 12.2. The van der Waals surface area contributed by atoms with Crippen molar-refractivity contribution in [3.05, 3.63) is 0 Å². The minimum atomic E-state index is -0.649. The number of nitrogens with two attached hydrogens (primary N) is 1. The number of hydrogen-bond acceptors (Lipinski definition) is 3. The monoisotopic (exact) mass is 255 g/mol. The van der Waals surface area contributed by atoms with Gasteiger partial charge in [0.15, 0.2) is 0 Å². The van der Waals surface area contributed by atoms with Gasteiger partial charge in [0.1, 0.15) is 0 Å². The molecule has 3 atom stereocenters. The van der Waals surface area contributed by atoms with Crippen LogP contribution in [0.25, 0.3) is 0 Å². The third-order valence-corrected chi connectivity index (χ3v) is 5.06. The average Bonchev–Trinajstić information content (AvgIpc) is 2.26. The molecule has 1 saturated carbocycles. The Morgan fingerprint density at radius 1 is 1.33 bits per heavy atom. The van der Waals surface area contributed by atoms with Crippen molar-refractivity contribution in [2.45, 2.75) is 58.5 Å². The standard InChI is InChI=1S/C15H29NO2/c1-12-7-13(2,3)9-15(17,8-12)14(10-16)5-4-6-18-11-14/h12,17H,4-11,16H2,1-3H3. The van der Waals surface area contributed by atoms with Gasteiger partial charge in [0.25, 0.3) is 0 Å². The van der Waals surface area contributed by atoms with Crippen molar-refractivity contribution in [3.8, 4) is 0 Å². The highest BCUT2D eigenvalue weighted by atomic mass is 16.5. The molecule has 2 aliphatic rings. The molecule has 3 heteroatoms. The Balaban J connectivity index is 2.27. The van der Waals surface area contributed by atoms with Crippen LogP contribution in [0.3, 0.4) is 0 Å². The third kappa shape index (κ3) is 2.45. The molecule has 3 N–H and O–H groups in total. The van der Waals surface area contributed by atoms with Crippen LogP contribution in [0.4, 0.5) is 0 Å². The highest BCUT2D eigenvalue weighted by Crippen LogP contribution is 2.53. The van der Waals surface area contributed by atoms with Crippen LogP contribution in [0.1, 0.15) is 52.9 Å². The first-order chi connectivity index (χ1) is 8.33. The van der Waals surface area contributed by atoms with Gasteiger partial charge in [-0.3, -0.25) is 0 Å². The van der Waals surface area contributed by atoms with Gasteiger partial charge in [-0.2, -0.15) is 0 Å². The Bertz CT molecular complexity index is 297. The average molecular weight is 255 g/mol. The van der Waals surface area contributed by atoms with Gasteiger partial charge in [-0.25, -0.2) is 0 Å². The van der Waals surface area contributed by atoms with Crippen LogP contribution in [0.15, 0.2) is 0 Å². The minimum absolute atomic E-state index is 0.200. The van der Waals surface area contributed by atoms with Crippen molar-refractivity contribution in [2.24, 2.45) is 22.5 Å². The highest BCUT2D eigenvalue weighted by molar-refractivity contribution is 5.06. The summed E-state index contributed by atoms with van der Waals surface area (Å²) in [7, 11) is 0. The molecule has 3 nitrogen and oxygen atoms in total. The summed E-state index contributed by atoms with van der Waals surface area (Å²) in [4.78, 5) is 0. The fourth-order valence-corrected chi connectivity index (χ4v) is 4.50. The zero-order valence-corrected chi connectivity index (χ0v) is 12.2. The van der Waals surface area contributed by atoms with Crippen molar-refractivity contribution in [1.29, 1.82) is 0 Å². The summed E-state index contributed by atoms with van der Waals surface area (Å²) >= 11 is 0. The van der Waals surface area contributed by atoms with Gasteiger partial charge in [-0.05, 0) is 43.4 Å². The van der Waals surface area contributed by atoms with Gasteiger partial charge in [-0.1, -0.05) is 20.8 Å². The van der Waals surface area contributed by atoms with Crippen molar-refractivity contribution in [2.75, 3.05) is 19.8 Å². The summed E-state index contributed by atoms with van der Waals surface area (Å²) in [6.45, 7) is 8.76. The summed E-state index contributed by atoms with van der Waals surface area (Å²) in [6.07, 6.45) is 4.94. The maximum Gasteiger partial charge on any atom is 0.0745 e. The Morgan fingerprint density at radius 2 is 2.06 bits per heavy atom. The molecule has 106 valence electrons. The van der Waals surface area contributed by atoms with E-state index in [2.05, 4.69) is 20.8 Å². The molecule has 18 heavy (non-hydrogen) atoms. The van der Waals surface area contributed by atoms with Crippen LogP contribution < -0.4 is 5.73 Å². The first-order valence-electron chi connectivity index (χ1n) is 7.33. The van der Waals surface area contributed by atoms with E-state index in [1.54, 1.807) is 0 Å². The fraction of sp³-hybridized carbons (Fsp3) is 1.00. The van der Waals surface area contributed by atoms with E-state index in [0.717, 1.165) is 32.3 Å². The van der Waals surface area contributed by atoms with Gasteiger partial charge in [-0.15, -0.1) is 0 Å². The van der Waals surface area contributed by atoms with E-state index >= 15 is 0 Å². The zero-order chi connectivity index (χ0) is 13.4. The number of rotatable bonds is 2. The molecule has 0 aromatic rings. The Labute approximate surface area is 111 Å². The topological polar surface area (TPSA) is 55.5 Å². The van der Waals surface area contributed by atoms with Crippen LogP contribution in [0.5, 0.6) is 0 Å². The highest BCUT2D eigenvalue weighted by Gasteiger charge is 2.55. The van der Waals surface area contributed by atoms with E-state index in [4.69, 9.17) is 10.5 Å². The van der Waals surface area contributed by atoms with Gasteiger partial charge in [0, 0.05) is 18.6 Å². The van der Waals surface area contributed by atoms with Crippen LogP contribution in [0.2, 0.25) is 0 Å². The molecule has 1 saturated heterocycles. The second-order valence-electron chi connectivity index (χ2n) is 7.53. The van der Waals surface area contributed by atoms with Crippen molar-refractivity contribution in [1.82, 2.24) is 0 Å². The molecule has 0 aromatic carbocycles. The van der Waals surface area contributed by atoms with E-state index in [1.165, 1.54) is 6.42 Å². The van der Waals surface area contributed by atoms with Crippen LogP contribution >= 0.6 is 0 Å². The van der Waals surface area contributed by atoms with Crippen LogP contribution in [-0.4, -0.2) is 30.5 Å². The number of ether oxygens (including phenoxy) is 1. The Hall–Kier alpha value is -0.120. The minimum Gasteiger partial charge on any atom is -0.389 e. The number of aliphatic hydroxyl groups is 1. The molecule has 2 rings (SSSR count). The molecule has 2 fully saturated rings. The molecule has 0 radical (unpaired) electrons. The van der Waals surface area contributed by atoms with E-state index < -0.39 is 5.60 Å². The molecule has 3 unspecified atom stereocenters. The second kappa shape index (κ2) is 4.77. The molecule has 1 heterocycles. The van der Waals surface area contributed by atoms with Crippen molar-refractivity contribution < 1.29 is 9.84 Å². The molecular formula is C15H29NO2. The molecule has 1 aliphatic carbocycles. The number of hydrogen-bond donors (Lipinski definition) is 2. The van der Waals surface area contributed by atoms with E-state index in [1.807, 2.05) is 0 Å². The Morgan fingerprint density at radius 3 is 2.56 bits per heavy atom. The molecule has 0 bridgehead atoms. The lowest BCUT2D eigenvalue weighted by Gasteiger charge is -2.55. The maximum atomic E-state index is 11.3. The van der Waals surface area contributed by atoms with Gasteiger partial charge in [0.2, 0.25) is 0 Å². The van der Waals surface area contributed by atoms with Crippen molar-refractivity contribution in [3.63, 3.8) is 0 Å². The van der Waals surface area contributed by atoms with E-state index in [9.17, 15) is 5.11 Å². The molecule has 0 spiro atoms. The van der Waals surface area contributed by atoms with Gasteiger partial charge >= 0.3 is 0 Å². The predicted octanol–water partition coefficient (Wildman–Crippen LogP) is 2.32. The normalized spacial score (nSPS) is 44.8. The van der Waals surface area contributed by atoms with E-state index in [-0.39, 0.29) is 10.8 Å².